The number of hydrogen-bond donors (Lipinski definition) is 1. The quantitative estimate of drug-likeness (QED) is 0.534. The lowest BCUT2D eigenvalue weighted by Gasteiger charge is -2.59. The maximum atomic E-state index is 14.1. The molecule has 2 saturated heterocycles. The summed E-state index contributed by atoms with van der Waals surface area (Å²) in [5.74, 6) is 1.90. The molecule has 2 heterocycles. The number of rotatable bonds is 0. The number of hydrogen-bond acceptors (Lipinski definition) is 3. The van der Waals surface area contributed by atoms with Gasteiger partial charge in [0, 0.05) is 29.8 Å². The Labute approximate surface area is 154 Å². The summed E-state index contributed by atoms with van der Waals surface area (Å²) in [4.78, 5) is 17.7. The summed E-state index contributed by atoms with van der Waals surface area (Å²) in [7, 11) is 0. The molecule has 0 aromatic carbocycles. The van der Waals surface area contributed by atoms with Crippen LogP contribution in [0.2, 0.25) is 0 Å². The smallest absolute Gasteiger partial charge is 0.147 e. The normalized spacial score (nSPS) is 55.7. The number of aliphatic hydroxyl groups is 1. The number of nitrogens with zero attached hydrogens (tertiary/aromatic N) is 1. The van der Waals surface area contributed by atoms with Crippen molar-refractivity contribution in [3.8, 4) is 0 Å². The Morgan fingerprint density at radius 3 is 2.88 bits per heavy atom. The molecule has 8 atom stereocenters. The second kappa shape index (κ2) is 4.39. The molecule has 2 unspecified atom stereocenters. The maximum Gasteiger partial charge on any atom is 0.147 e. The molecule has 1 spiro atoms. The van der Waals surface area contributed by atoms with Crippen molar-refractivity contribution in [1.29, 1.82) is 0 Å². The van der Waals surface area contributed by atoms with Crippen LogP contribution in [-0.2, 0) is 4.79 Å². The average Bonchev–Trinajstić information content (AvgIpc) is 3.12. The van der Waals surface area contributed by atoms with Crippen molar-refractivity contribution in [3.05, 3.63) is 11.1 Å². The molecule has 2 bridgehead atoms. The fourth-order valence-corrected chi connectivity index (χ4v) is 8.98. The first-order valence-corrected chi connectivity index (χ1v) is 10.6. The van der Waals surface area contributed by atoms with Gasteiger partial charge < -0.3 is 10.0 Å². The minimum atomic E-state index is -0.327. The summed E-state index contributed by atoms with van der Waals surface area (Å²) in [5, 5.41) is 10.7. The molecule has 4 aliphatic carbocycles. The lowest BCUT2D eigenvalue weighted by molar-refractivity contribution is -0.156. The van der Waals surface area contributed by atoms with Gasteiger partial charge in [0.25, 0.3) is 0 Å². The van der Waals surface area contributed by atoms with E-state index in [1.54, 1.807) is 0 Å². The van der Waals surface area contributed by atoms with E-state index in [4.69, 9.17) is 12.2 Å². The molecular weight excluding hydrogens is 330 g/mol. The van der Waals surface area contributed by atoms with Crippen LogP contribution in [0.1, 0.15) is 52.4 Å². The molecule has 2 aliphatic heterocycles. The molecule has 3 nitrogen and oxygen atoms in total. The molecule has 6 rings (SSSR count). The summed E-state index contributed by atoms with van der Waals surface area (Å²) >= 11 is 6.02. The standard InChI is InChI=1S/C21H27NO2S/c1-10-9-22-16-8-13(10)18(24)21-6-5-11-7-15(23)12(17(11)21)3-4-14(19(22)25)20(16,21)2/h10-11,13-16,23H,3-9H2,1-2H3/t10-,11+,13?,14-,15-,16?,20-,21+/m1/s1. The number of Topliss-reactive ketones (excluding diaryl/α,β-unsaturated/α-hetero) is 1. The number of aliphatic hydroxyl groups excluding tert-OH is 1. The monoisotopic (exact) mass is 357 g/mol. The second-order valence-electron chi connectivity index (χ2n) is 9.90. The average molecular weight is 358 g/mol. The van der Waals surface area contributed by atoms with Crippen molar-refractivity contribution < 1.29 is 9.90 Å². The number of carbonyl (C=O) groups excluding carboxylic acids is 1. The topological polar surface area (TPSA) is 40.5 Å². The number of thiocarbonyl (C=S) groups is 1. The first kappa shape index (κ1) is 15.3. The summed E-state index contributed by atoms with van der Waals surface area (Å²) in [6.07, 6.45) is 5.62. The van der Waals surface area contributed by atoms with Crippen LogP contribution < -0.4 is 0 Å². The molecule has 4 fully saturated rings. The Bertz CT molecular complexity index is 759. The van der Waals surface area contributed by atoms with Crippen molar-refractivity contribution in [2.75, 3.05) is 6.54 Å². The zero-order valence-electron chi connectivity index (χ0n) is 15.1. The van der Waals surface area contributed by atoms with Crippen LogP contribution in [0.3, 0.4) is 0 Å². The first-order chi connectivity index (χ1) is 11.9. The van der Waals surface area contributed by atoms with Crippen molar-refractivity contribution in [1.82, 2.24) is 4.90 Å². The Morgan fingerprint density at radius 2 is 2.08 bits per heavy atom. The predicted molar refractivity (Wildman–Crippen MR) is 99.0 cm³/mol. The SMILES string of the molecule is C[C@@H]1CN2C(=S)[C@H]3CCC4=C5[C@@H](CC[C@@]56C(=O)C1CC2[C@@]36C)C[C@H]4O. The predicted octanol–water partition coefficient (Wildman–Crippen LogP) is 3.11. The number of carbonyl (C=O) groups is 1. The van der Waals surface area contributed by atoms with Crippen LogP contribution >= 0.6 is 12.2 Å². The summed E-state index contributed by atoms with van der Waals surface area (Å²) < 4.78 is 0. The largest absolute Gasteiger partial charge is 0.389 e. The zero-order chi connectivity index (χ0) is 17.3. The van der Waals surface area contributed by atoms with Gasteiger partial charge in [0.15, 0.2) is 0 Å². The fourth-order valence-electron chi connectivity index (χ4n) is 8.42. The van der Waals surface area contributed by atoms with Crippen molar-refractivity contribution in [2.24, 2.45) is 34.5 Å². The van der Waals surface area contributed by atoms with Crippen molar-refractivity contribution >= 4 is 23.0 Å². The lowest BCUT2D eigenvalue weighted by Crippen LogP contribution is -2.64. The van der Waals surface area contributed by atoms with Gasteiger partial charge in [-0.05, 0) is 55.9 Å². The molecule has 6 aliphatic rings. The van der Waals surface area contributed by atoms with Gasteiger partial charge in [-0.3, -0.25) is 4.79 Å². The van der Waals surface area contributed by atoms with Gasteiger partial charge in [0.2, 0.25) is 0 Å². The number of allylic oxidation sites excluding steroid dienone is 1. The Balaban J connectivity index is 1.68. The van der Waals surface area contributed by atoms with Gasteiger partial charge in [0.05, 0.1) is 16.5 Å². The summed E-state index contributed by atoms with van der Waals surface area (Å²) in [6, 6.07) is 0.437. The highest BCUT2D eigenvalue weighted by atomic mass is 32.1. The number of piperidine rings is 1. The van der Waals surface area contributed by atoms with Crippen LogP contribution in [0.25, 0.3) is 0 Å². The van der Waals surface area contributed by atoms with E-state index in [0.717, 1.165) is 50.1 Å². The highest BCUT2D eigenvalue weighted by molar-refractivity contribution is 7.80. The third-order valence-electron chi connectivity index (χ3n) is 9.39. The Morgan fingerprint density at radius 1 is 1.28 bits per heavy atom. The molecule has 1 N–H and O–H groups in total. The zero-order valence-corrected chi connectivity index (χ0v) is 15.9. The van der Waals surface area contributed by atoms with Gasteiger partial charge in [-0.15, -0.1) is 0 Å². The van der Waals surface area contributed by atoms with E-state index < -0.39 is 0 Å². The summed E-state index contributed by atoms with van der Waals surface area (Å²) in [6.45, 7) is 5.63. The highest BCUT2D eigenvalue weighted by Crippen LogP contribution is 2.74. The van der Waals surface area contributed by atoms with Crippen LogP contribution in [0, 0.1) is 34.5 Å². The number of ketones is 1. The molecule has 0 amide bonds. The van der Waals surface area contributed by atoms with Crippen LogP contribution in [0.4, 0.5) is 0 Å². The third kappa shape index (κ3) is 1.38. The highest BCUT2D eigenvalue weighted by Gasteiger charge is 2.75. The van der Waals surface area contributed by atoms with Crippen LogP contribution in [-0.4, -0.2) is 39.5 Å². The molecule has 4 heteroatoms. The van der Waals surface area contributed by atoms with Crippen molar-refractivity contribution in [2.45, 2.75) is 64.5 Å². The van der Waals surface area contributed by atoms with E-state index in [2.05, 4.69) is 18.7 Å². The van der Waals surface area contributed by atoms with E-state index in [9.17, 15) is 9.90 Å². The summed E-state index contributed by atoms with van der Waals surface area (Å²) in [5.41, 5.74) is 2.28. The van der Waals surface area contributed by atoms with Gasteiger partial charge in [0.1, 0.15) is 5.78 Å². The number of fused-ring (bicyclic) bond motifs is 1. The molecule has 0 aromatic rings. The second-order valence-corrected chi connectivity index (χ2v) is 10.3. The molecule has 2 saturated carbocycles. The van der Waals surface area contributed by atoms with Crippen molar-refractivity contribution in [3.63, 3.8) is 0 Å². The van der Waals surface area contributed by atoms with Gasteiger partial charge in [-0.2, -0.15) is 0 Å². The fraction of sp³-hybridized carbons (Fsp3) is 0.810. The minimum Gasteiger partial charge on any atom is -0.389 e. The Hall–Kier alpha value is -0.740. The Kier molecular flexibility index (Phi) is 2.69. The van der Waals surface area contributed by atoms with E-state index in [1.165, 1.54) is 11.1 Å². The van der Waals surface area contributed by atoms with E-state index >= 15 is 0 Å². The lowest BCUT2D eigenvalue weighted by atomic mass is 9.45. The van der Waals surface area contributed by atoms with Crippen LogP contribution in [0.15, 0.2) is 11.1 Å². The molecule has 134 valence electrons. The van der Waals surface area contributed by atoms with E-state index in [0.29, 0.717) is 29.6 Å². The van der Waals surface area contributed by atoms with Gasteiger partial charge in [-0.1, -0.05) is 31.6 Å². The van der Waals surface area contributed by atoms with Gasteiger partial charge in [-0.25, -0.2) is 0 Å². The minimum absolute atomic E-state index is 0.0479. The third-order valence-corrected chi connectivity index (χ3v) is 9.91. The van der Waals surface area contributed by atoms with Gasteiger partial charge >= 0.3 is 0 Å². The van der Waals surface area contributed by atoms with Crippen LogP contribution in [0.5, 0.6) is 0 Å². The van der Waals surface area contributed by atoms with E-state index in [-0.39, 0.29) is 22.9 Å². The first-order valence-electron chi connectivity index (χ1n) is 10.2. The maximum absolute atomic E-state index is 14.1. The molecule has 0 radical (unpaired) electrons. The van der Waals surface area contributed by atoms with E-state index in [1.807, 2.05) is 0 Å². The molecule has 25 heavy (non-hydrogen) atoms. The molecular formula is C21H27NO2S. The molecule has 0 aromatic heterocycles.